The standard InChI is InChI=1S/C14H27OSi.3C4H9.Sn/c1-6-8-12-14(11-7-2,13-9-10-13)15-16(3,4)5;3*1-3-4-2;/h2,7,13H,6,8-12H2,1,3-5H3;3*1,3-4H2,2H3;. The summed E-state index contributed by atoms with van der Waals surface area (Å²) in [4.78, 5) is 0. The summed E-state index contributed by atoms with van der Waals surface area (Å²) in [6, 6.07) is 0. The molecule has 1 nitrogen and oxygen atoms in total. The molecule has 1 saturated carbocycles. The average Bonchev–Trinajstić information content (AvgIpc) is 3.51. The van der Waals surface area contributed by atoms with Gasteiger partial charge in [0, 0.05) is 0 Å². The second-order valence-electron chi connectivity index (χ2n) is 10.9. The molecule has 172 valence electrons. The second-order valence-corrected chi connectivity index (χ2v) is 28.4. The fourth-order valence-electron chi connectivity index (χ4n) is 5.06. The van der Waals surface area contributed by atoms with Gasteiger partial charge in [0.15, 0.2) is 0 Å². The van der Waals surface area contributed by atoms with Crippen molar-refractivity contribution in [3.63, 3.8) is 0 Å². The van der Waals surface area contributed by atoms with E-state index in [-0.39, 0.29) is 5.60 Å². The van der Waals surface area contributed by atoms with Crippen molar-refractivity contribution >= 4 is 26.7 Å². The predicted molar refractivity (Wildman–Crippen MR) is 138 cm³/mol. The summed E-state index contributed by atoms with van der Waals surface area (Å²) in [5, 5.41) is 0. The van der Waals surface area contributed by atoms with Gasteiger partial charge in [-0.1, -0.05) is 0 Å². The van der Waals surface area contributed by atoms with Gasteiger partial charge in [0.2, 0.25) is 0 Å². The third-order valence-corrected chi connectivity index (χ3v) is 22.1. The third-order valence-electron chi connectivity index (χ3n) is 6.80. The molecular weight excluding hydrogens is 475 g/mol. The quantitative estimate of drug-likeness (QED) is 0.161. The Morgan fingerprint density at radius 1 is 0.828 bits per heavy atom. The van der Waals surface area contributed by atoms with E-state index in [1.807, 2.05) is 0 Å². The molecule has 1 aliphatic rings. The van der Waals surface area contributed by atoms with Gasteiger partial charge in [-0.15, -0.1) is 0 Å². The van der Waals surface area contributed by atoms with E-state index in [4.69, 9.17) is 4.43 Å². The third kappa shape index (κ3) is 10.7. The maximum absolute atomic E-state index is 7.02. The Kier molecular flexibility index (Phi) is 13.4. The van der Waals surface area contributed by atoms with E-state index in [0.717, 1.165) is 5.92 Å². The molecule has 0 heterocycles. The molecular formula is C26H54OSiSn. The molecule has 1 rings (SSSR count). The van der Waals surface area contributed by atoms with Crippen molar-refractivity contribution in [1.82, 2.24) is 0 Å². The van der Waals surface area contributed by atoms with Crippen LogP contribution in [0, 0.1) is 5.92 Å². The Labute approximate surface area is 189 Å². The zero-order valence-electron chi connectivity index (χ0n) is 21.2. The predicted octanol–water partition coefficient (Wildman–Crippen LogP) is 9.51. The second kappa shape index (κ2) is 14.0. The minimum atomic E-state index is -2.17. The molecule has 0 bridgehead atoms. The van der Waals surface area contributed by atoms with Crippen LogP contribution in [-0.4, -0.2) is 32.3 Å². The van der Waals surface area contributed by atoms with E-state index in [1.54, 1.807) is 13.3 Å². The van der Waals surface area contributed by atoms with Crippen LogP contribution < -0.4 is 0 Å². The molecule has 0 spiro atoms. The van der Waals surface area contributed by atoms with Gasteiger partial charge in [-0.05, 0) is 0 Å². The van der Waals surface area contributed by atoms with Crippen LogP contribution in [0.3, 0.4) is 0 Å². The normalized spacial score (nSPS) is 17.8. The van der Waals surface area contributed by atoms with Gasteiger partial charge in [0.25, 0.3) is 0 Å². The molecule has 0 aromatic carbocycles. The van der Waals surface area contributed by atoms with Crippen LogP contribution in [0.5, 0.6) is 0 Å². The average molecular weight is 530 g/mol. The zero-order valence-corrected chi connectivity index (χ0v) is 25.1. The van der Waals surface area contributed by atoms with Crippen LogP contribution in [0.15, 0.2) is 10.2 Å². The van der Waals surface area contributed by atoms with Crippen LogP contribution in [0.2, 0.25) is 33.0 Å². The molecule has 0 aliphatic heterocycles. The Bertz CT molecular complexity index is 430. The zero-order chi connectivity index (χ0) is 21.8. The molecule has 1 atom stereocenters. The Balaban J connectivity index is 3.04. The van der Waals surface area contributed by atoms with Crippen LogP contribution in [0.4, 0.5) is 0 Å². The number of rotatable bonds is 18. The fourth-order valence-corrected chi connectivity index (χ4v) is 21.0. The van der Waals surface area contributed by atoms with E-state index >= 15 is 0 Å². The molecule has 0 aromatic rings. The van der Waals surface area contributed by atoms with Crippen molar-refractivity contribution in [3.8, 4) is 0 Å². The van der Waals surface area contributed by atoms with Crippen LogP contribution in [-0.2, 0) is 4.43 Å². The van der Waals surface area contributed by atoms with Crippen molar-refractivity contribution in [2.45, 2.75) is 143 Å². The van der Waals surface area contributed by atoms with Crippen LogP contribution in [0.25, 0.3) is 0 Å². The Morgan fingerprint density at radius 2 is 1.31 bits per heavy atom. The summed E-state index contributed by atoms with van der Waals surface area (Å²) in [6.07, 6.45) is 19.1. The first-order valence-electron chi connectivity index (χ1n) is 13.1. The van der Waals surface area contributed by atoms with E-state index in [0.29, 0.717) is 0 Å². The van der Waals surface area contributed by atoms with E-state index < -0.39 is 26.7 Å². The molecule has 0 N–H and O–H groups in total. The van der Waals surface area contributed by atoms with Crippen molar-refractivity contribution in [2.75, 3.05) is 0 Å². The van der Waals surface area contributed by atoms with Gasteiger partial charge in [-0.2, -0.15) is 0 Å². The Morgan fingerprint density at radius 3 is 1.69 bits per heavy atom. The van der Waals surface area contributed by atoms with Gasteiger partial charge < -0.3 is 0 Å². The monoisotopic (exact) mass is 530 g/mol. The molecule has 1 aliphatic carbocycles. The summed E-state index contributed by atoms with van der Waals surface area (Å²) in [5.41, 5.74) is 0.162. The number of hydrogen-bond acceptors (Lipinski definition) is 1. The fraction of sp³-hybridized carbons (Fsp3) is 0.923. The summed E-state index contributed by atoms with van der Waals surface area (Å²) in [5.74, 6) is 0.831. The van der Waals surface area contributed by atoms with E-state index in [1.165, 1.54) is 77.0 Å². The molecule has 0 saturated heterocycles. The SMILES string of the molecule is CCCCC(C/C=[CH]/[Sn]([CH2]CCC)([CH2]CCC)[CH2]CCC)(O[Si](C)(C)C)C1CC1. The van der Waals surface area contributed by atoms with Crippen molar-refractivity contribution in [1.29, 1.82) is 0 Å². The number of hydrogen-bond donors (Lipinski definition) is 0. The molecule has 0 aromatic heterocycles. The molecule has 3 heteroatoms. The first kappa shape index (κ1) is 27.7. The molecule has 0 radical (unpaired) electrons. The molecule has 0 amide bonds. The van der Waals surface area contributed by atoms with Crippen LogP contribution >= 0.6 is 0 Å². The van der Waals surface area contributed by atoms with Gasteiger partial charge in [0.1, 0.15) is 0 Å². The minimum absolute atomic E-state index is 0.162. The van der Waals surface area contributed by atoms with E-state index in [2.05, 4.69) is 57.5 Å². The first-order chi connectivity index (χ1) is 13.8. The first-order valence-corrected chi connectivity index (χ1v) is 24.3. The summed E-state index contributed by atoms with van der Waals surface area (Å²) in [7, 11) is -1.54. The van der Waals surface area contributed by atoms with Crippen molar-refractivity contribution < 1.29 is 4.43 Å². The van der Waals surface area contributed by atoms with Crippen LogP contribution in [0.1, 0.15) is 105 Å². The summed E-state index contributed by atoms with van der Waals surface area (Å²) in [6.45, 7) is 16.7. The molecule has 1 unspecified atom stereocenters. The van der Waals surface area contributed by atoms with Gasteiger partial charge >= 0.3 is 191 Å². The Hall–Kier alpha value is 0.716. The molecule has 29 heavy (non-hydrogen) atoms. The van der Waals surface area contributed by atoms with Crippen molar-refractivity contribution in [3.05, 3.63) is 10.2 Å². The van der Waals surface area contributed by atoms with Gasteiger partial charge in [0.05, 0.1) is 0 Å². The summed E-state index contributed by atoms with van der Waals surface area (Å²) < 4.78 is 14.7. The van der Waals surface area contributed by atoms with Crippen molar-refractivity contribution in [2.24, 2.45) is 5.92 Å². The van der Waals surface area contributed by atoms with E-state index in [9.17, 15) is 0 Å². The summed E-state index contributed by atoms with van der Waals surface area (Å²) >= 11 is -2.17. The molecule has 1 fully saturated rings. The topological polar surface area (TPSA) is 9.23 Å². The maximum atomic E-state index is 7.02. The number of unbranched alkanes of at least 4 members (excludes halogenated alkanes) is 4. The van der Waals surface area contributed by atoms with Gasteiger partial charge in [-0.25, -0.2) is 0 Å². The van der Waals surface area contributed by atoms with Gasteiger partial charge in [-0.3, -0.25) is 0 Å².